The van der Waals surface area contributed by atoms with Crippen molar-refractivity contribution in [1.82, 2.24) is 14.5 Å². The number of rotatable bonds is 5. The molecular formula is C21H26N4O2. The molecular weight excluding hydrogens is 340 g/mol. The van der Waals surface area contributed by atoms with Crippen LogP contribution in [-0.4, -0.2) is 33.2 Å². The molecule has 3 aromatic rings. The first-order valence-corrected chi connectivity index (χ1v) is 9.64. The number of anilines is 1. The molecule has 0 radical (unpaired) electrons. The summed E-state index contributed by atoms with van der Waals surface area (Å²) in [6.07, 6.45) is 2.77. The molecule has 1 saturated heterocycles. The standard InChI is InChI=1S/C21H26N4O2/c1-4-18(26)24-21-19(20-22-16-9-5-6-10-17(16)23-20)13(2)14(3)25(21)12-15-8-7-11-27-15/h5-6,9-10,15H,4,7-8,11-12H2,1-3H3,(H,22,23)(H,24,26). The van der Waals surface area contributed by atoms with Gasteiger partial charge < -0.3 is 19.6 Å². The van der Waals surface area contributed by atoms with Gasteiger partial charge >= 0.3 is 0 Å². The Morgan fingerprint density at radius 2 is 2.19 bits per heavy atom. The molecule has 1 unspecified atom stereocenters. The number of amides is 1. The Kier molecular flexibility index (Phi) is 4.74. The van der Waals surface area contributed by atoms with Crippen molar-refractivity contribution < 1.29 is 9.53 Å². The Balaban J connectivity index is 1.84. The summed E-state index contributed by atoms with van der Waals surface area (Å²) in [6.45, 7) is 7.61. The highest BCUT2D eigenvalue weighted by Gasteiger charge is 2.25. The summed E-state index contributed by atoms with van der Waals surface area (Å²) in [6, 6.07) is 7.98. The smallest absolute Gasteiger partial charge is 0.225 e. The molecule has 142 valence electrons. The van der Waals surface area contributed by atoms with Crippen molar-refractivity contribution >= 4 is 22.8 Å². The second-order valence-corrected chi connectivity index (χ2v) is 7.18. The van der Waals surface area contributed by atoms with Crippen molar-refractivity contribution in [3.05, 3.63) is 35.5 Å². The van der Waals surface area contributed by atoms with Crippen LogP contribution in [0.2, 0.25) is 0 Å². The van der Waals surface area contributed by atoms with Gasteiger partial charge in [-0.25, -0.2) is 4.98 Å². The zero-order valence-electron chi connectivity index (χ0n) is 16.1. The van der Waals surface area contributed by atoms with Gasteiger partial charge in [-0.2, -0.15) is 0 Å². The van der Waals surface area contributed by atoms with Gasteiger partial charge in [0.05, 0.1) is 29.2 Å². The lowest BCUT2D eigenvalue weighted by atomic mass is 10.1. The molecule has 1 fully saturated rings. The molecule has 6 nitrogen and oxygen atoms in total. The van der Waals surface area contributed by atoms with Crippen molar-refractivity contribution in [1.29, 1.82) is 0 Å². The van der Waals surface area contributed by atoms with Gasteiger partial charge in [0, 0.05) is 18.7 Å². The number of carbonyl (C=O) groups excluding carboxylic acids is 1. The van der Waals surface area contributed by atoms with E-state index in [0.717, 1.165) is 65.5 Å². The molecule has 1 aliphatic rings. The average Bonchev–Trinajstić information content (AvgIpc) is 3.37. The highest BCUT2D eigenvalue weighted by Crippen LogP contribution is 2.36. The number of hydrogen-bond donors (Lipinski definition) is 2. The van der Waals surface area contributed by atoms with Crippen molar-refractivity contribution in [2.24, 2.45) is 0 Å². The number of nitrogens with zero attached hydrogens (tertiary/aromatic N) is 2. The van der Waals surface area contributed by atoms with Crippen molar-refractivity contribution in [3.8, 4) is 11.4 Å². The zero-order chi connectivity index (χ0) is 19.0. The third-order valence-corrected chi connectivity index (χ3v) is 5.44. The number of aromatic nitrogens is 3. The van der Waals surface area contributed by atoms with E-state index in [1.807, 2.05) is 31.2 Å². The number of nitrogens with one attached hydrogen (secondary N) is 2. The third kappa shape index (κ3) is 3.25. The molecule has 1 atom stereocenters. The highest BCUT2D eigenvalue weighted by molar-refractivity contribution is 5.95. The minimum Gasteiger partial charge on any atom is -0.376 e. The molecule has 1 aliphatic heterocycles. The Hall–Kier alpha value is -2.60. The van der Waals surface area contributed by atoms with Gasteiger partial charge in [0.15, 0.2) is 0 Å². The van der Waals surface area contributed by atoms with Crippen molar-refractivity contribution in [3.63, 3.8) is 0 Å². The second kappa shape index (κ2) is 7.19. The minimum absolute atomic E-state index is 0.00143. The largest absolute Gasteiger partial charge is 0.376 e. The minimum atomic E-state index is -0.00143. The Bertz CT molecular complexity index is 947. The van der Waals surface area contributed by atoms with Gasteiger partial charge in [0.1, 0.15) is 11.6 Å². The van der Waals surface area contributed by atoms with E-state index in [-0.39, 0.29) is 12.0 Å². The lowest BCUT2D eigenvalue weighted by Crippen LogP contribution is -2.20. The maximum absolute atomic E-state index is 12.3. The maximum atomic E-state index is 12.3. The number of hydrogen-bond acceptors (Lipinski definition) is 3. The molecule has 2 N–H and O–H groups in total. The van der Waals surface area contributed by atoms with E-state index in [0.29, 0.717) is 6.42 Å². The van der Waals surface area contributed by atoms with Gasteiger partial charge in [-0.15, -0.1) is 0 Å². The molecule has 2 aromatic heterocycles. The summed E-state index contributed by atoms with van der Waals surface area (Å²) < 4.78 is 8.03. The van der Waals surface area contributed by atoms with E-state index in [4.69, 9.17) is 9.72 Å². The monoisotopic (exact) mass is 366 g/mol. The summed E-state index contributed by atoms with van der Waals surface area (Å²) in [7, 11) is 0. The predicted octanol–water partition coefficient (Wildman–Crippen LogP) is 4.18. The molecule has 0 aliphatic carbocycles. The first kappa shape index (κ1) is 17.8. The first-order chi connectivity index (χ1) is 13.1. The summed E-state index contributed by atoms with van der Waals surface area (Å²) in [5, 5.41) is 3.12. The van der Waals surface area contributed by atoms with Crippen LogP contribution in [-0.2, 0) is 16.1 Å². The fourth-order valence-electron chi connectivity index (χ4n) is 3.80. The van der Waals surface area contributed by atoms with Gasteiger partial charge in [0.2, 0.25) is 5.91 Å². The molecule has 6 heteroatoms. The van der Waals surface area contributed by atoms with Crippen LogP contribution in [0.15, 0.2) is 24.3 Å². The molecule has 0 spiro atoms. The highest BCUT2D eigenvalue weighted by atomic mass is 16.5. The van der Waals surface area contributed by atoms with E-state index in [2.05, 4.69) is 28.7 Å². The number of carbonyl (C=O) groups is 1. The van der Waals surface area contributed by atoms with E-state index in [9.17, 15) is 4.79 Å². The van der Waals surface area contributed by atoms with Crippen LogP contribution >= 0.6 is 0 Å². The van der Waals surface area contributed by atoms with Crippen LogP contribution in [0.4, 0.5) is 5.82 Å². The van der Waals surface area contributed by atoms with Crippen LogP contribution < -0.4 is 5.32 Å². The van der Waals surface area contributed by atoms with Gasteiger partial charge in [0.25, 0.3) is 0 Å². The van der Waals surface area contributed by atoms with E-state index in [1.54, 1.807) is 0 Å². The van der Waals surface area contributed by atoms with E-state index < -0.39 is 0 Å². The summed E-state index contributed by atoms with van der Waals surface area (Å²) in [5.74, 6) is 1.60. The number of H-pyrrole nitrogens is 1. The van der Waals surface area contributed by atoms with Gasteiger partial charge in [-0.05, 0) is 44.4 Å². The lowest BCUT2D eigenvalue weighted by Gasteiger charge is -2.17. The number of para-hydroxylation sites is 2. The fraction of sp³-hybridized carbons (Fsp3) is 0.429. The molecule has 1 amide bonds. The fourth-order valence-corrected chi connectivity index (χ4v) is 3.80. The zero-order valence-corrected chi connectivity index (χ0v) is 16.1. The Morgan fingerprint density at radius 1 is 1.37 bits per heavy atom. The van der Waals surface area contributed by atoms with Crippen LogP contribution in [0.25, 0.3) is 22.4 Å². The van der Waals surface area contributed by atoms with Gasteiger partial charge in [-0.3, -0.25) is 4.79 Å². The number of benzene rings is 1. The van der Waals surface area contributed by atoms with Crippen LogP contribution in [0.1, 0.15) is 37.4 Å². The summed E-state index contributed by atoms with van der Waals surface area (Å²) in [5.41, 5.74) is 5.13. The second-order valence-electron chi connectivity index (χ2n) is 7.18. The Labute approximate surface area is 158 Å². The molecule has 3 heterocycles. The third-order valence-electron chi connectivity index (χ3n) is 5.44. The topological polar surface area (TPSA) is 71.9 Å². The normalized spacial score (nSPS) is 16.9. The van der Waals surface area contributed by atoms with Crippen molar-refractivity contribution in [2.75, 3.05) is 11.9 Å². The number of ether oxygens (including phenoxy) is 1. The van der Waals surface area contributed by atoms with Crippen LogP contribution in [0.5, 0.6) is 0 Å². The van der Waals surface area contributed by atoms with Crippen LogP contribution in [0.3, 0.4) is 0 Å². The predicted molar refractivity (Wildman–Crippen MR) is 107 cm³/mol. The number of fused-ring (bicyclic) bond motifs is 1. The van der Waals surface area contributed by atoms with E-state index >= 15 is 0 Å². The quantitative estimate of drug-likeness (QED) is 0.712. The van der Waals surface area contributed by atoms with Crippen LogP contribution in [0, 0.1) is 13.8 Å². The average molecular weight is 366 g/mol. The molecule has 0 bridgehead atoms. The first-order valence-electron chi connectivity index (χ1n) is 9.64. The maximum Gasteiger partial charge on any atom is 0.225 e. The summed E-state index contributed by atoms with van der Waals surface area (Å²) in [4.78, 5) is 20.4. The van der Waals surface area contributed by atoms with Crippen molar-refractivity contribution in [2.45, 2.75) is 52.7 Å². The lowest BCUT2D eigenvalue weighted by molar-refractivity contribution is -0.115. The summed E-state index contributed by atoms with van der Waals surface area (Å²) >= 11 is 0. The molecule has 1 aromatic carbocycles. The number of imidazole rings is 1. The van der Waals surface area contributed by atoms with E-state index in [1.165, 1.54) is 0 Å². The van der Waals surface area contributed by atoms with Gasteiger partial charge in [-0.1, -0.05) is 19.1 Å². The molecule has 4 rings (SSSR count). The molecule has 0 saturated carbocycles. The Morgan fingerprint density at radius 3 is 2.89 bits per heavy atom. The SMILES string of the molecule is CCC(=O)Nc1c(-c2nc3ccccc3[nH]2)c(C)c(C)n1CC1CCCO1. The number of aromatic amines is 1. The molecule has 27 heavy (non-hydrogen) atoms.